The van der Waals surface area contributed by atoms with Gasteiger partial charge in [0, 0.05) is 17.0 Å². The zero-order chi connectivity index (χ0) is 12.8. The molecule has 0 aliphatic carbocycles. The quantitative estimate of drug-likeness (QED) is 0.661. The number of nitrogens with one attached hydrogen (secondary N) is 1. The van der Waals surface area contributed by atoms with Crippen LogP contribution in [0.4, 0.5) is 0 Å². The summed E-state index contributed by atoms with van der Waals surface area (Å²) >= 11 is 7.16. The van der Waals surface area contributed by atoms with Crippen molar-refractivity contribution in [3.63, 3.8) is 0 Å². The van der Waals surface area contributed by atoms with Crippen LogP contribution in [-0.4, -0.2) is 31.2 Å². The molecule has 1 amide bonds. The minimum atomic E-state index is -0.333. The van der Waals surface area contributed by atoms with Gasteiger partial charge in [0.05, 0.1) is 13.2 Å². The monoisotopic (exact) mass is 274 g/mol. The fourth-order valence-electron chi connectivity index (χ4n) is 1.07. The Labute approximate surface area is 110 Å². The summed E-state index contributed by atoms with van der Waals surface area (Å²) in [5.74, 6) is -0.131. The summed E-state index contributed by atoms with van der Waals surface area (Å²) in [5.41, 5.74) is 0. The lowest BCUT2D eigenvalue weighted by Gasteiger charge is -2.19. The van der Waals surface area contributed by atoms with Crippen LogP contribution in [0.25, 0.3) is 0 Å². The molecule has 1 N–H and O–H groups in total. The highest BCUT2D eigenvalue weighted by Gasteiger charge is 2.16. The van der Waals surface area contributed by atoms with E-state index in [0.717, 1.165) is 4.90 Å². The minimum Gasteiger partial charge on any atom is -0.275 e. The van der Waals surface area contributed by atoms with Gasteiger partial charge < -0.3 is 0 Å². The summed E-state index contributed by atoms with van der Waals surface area (Å²) in [6, 6.07) is 7.05. The van der Waals surface area contributed by atoms with E-state index in [9.17, 15) is 4.79 Å². The van der Waals surface area contributed by atoms with Gasteiger partial charge in [-0.05, 0) is 43.1 Å². The second-order valence-electron chi connectivity index (χ2n) is 3.41. The molecule has 0 spiro atoms. The Balaban J connectivity index is 2.45. The zero-order valence-corrected chi connectivity index (χ0v) is 11.5. The predicted molar refractivity (Wildman–Crippen MR) is 69.7 cm³/mol. The van der Waals surface area contributed by atoms with Crippen molar-refractivity contribution in [1.82, 2.24) is 9.79 Å². The second-order valence-corrected chi connectivity index (χ2v) is 4.76. The molecular weight excluding hydrogens is 260 g/mol. The van der Waals surface area contributed by atoms with Crippen molar-refractivity contribution < 1.29 is 9.63 Å². The Morgan fingerprint density at radius 3 is 2.59 bits per heavy atom. The number of hydrogen-bond acceptors (Lipinski definition) is 4. The van der Waals surface area contributed by atoms with Gasteiger partial charge in [-0.25, -0.2) is 9.79 Å². The first-order valence-electron chi connectivity index (χ1n) is 5.04. The molecule has 0 radical (unpaired) electrons. The fraction of sp³-hybridized carbons (Fsp3) is 0.364. The Bertz CT molecular complexity index is 372. The number of benzene rings is 1. The third kappa shape index (κ3) is 4.55. The van der Waals surface area contributed by atoms with Gasteiger partial charge in [-0.15, -0.1) is 0 Å². The van der Waals surface area contributed by atoms with Crippen LogP contribution in [0.5, 0.6) is 0 Å². The molecule has 0 saturated carbocycles. The molecule has 0 saturated heterocycles. The molecule has 4 nitrogen and oxygen atoms in total. The average molecular weight is 275 g/mol. The molecule has 1 rings (SSSR count). The van der Waals surface area contributed by atoms with Gasteiger partial charge >= 0.3 is 0 Å². The Morgan fingerprint density at radius 2 is 2.06 bits per heavy atom. The van der Waals surface area contributed by atoms with Crippen LogP contribution in [0.15, 0.2) is 29.2 Å². The summed E-state index contributed by atoms with van der Waals surface area (Å²) in [5, 5.41) is 1.89. The van der Waals surface area contributed by atoms with E-state index >= 15 is 0 Å². The molecule has 17 heavy (non-hydrogen) atoms. The van der Waals surface area contributed by atoms with Gasteiger partial charge in [0.25, 0.3) is 5.91 Å². The highest BCUT2D eigenvalue weighted by atomic mass is 35.5. The molecule has 0 aliphatic rings. The highest BCUT2D eigenvalue weighted by molar-refractivity contribution is 7.97. The molecule has 0 fully saturated rings. The van der Waals surface area contributed by atoms with E-state index in [4.69, 9.17) is 16.4 Å². The van der Waals surface area contributed by atoms with Crippen molar-refractivity contribution >= 4 is 29.5 Å². The molecule has 1 atom stereocenters. The fourth-order valence-corrected chi connectivity index (χ4v) is 1.88. The molecule has 94 valence electrons. The van der Waals surface area contributed by atoms with Crippen molar-refractivity contribution in [2.75, 3.05) is 14.2 Å². The first kappa shape index (κ1) is 14.3. The van der Waals surface area contributed by atoms with E-state index < -0.39 is 0 Å². The summed E-state index contributed by atoms with van der Waals surface area (Å²) < 4.78 is 3.04. The van der Waals surface area contributed by atoms with E-state index in [2.05, 4.69) is 4.72 Å². The molecule has 0 aromatic heterocycles. The number of amides is 1. The van der Waals surface area contributed by atoms with Crippen molar-refractivity contribution in [2.45, 2.75) is 17.9 Å². The number of likely N-dealkylation sites (N-methyl/N-ethyl adjacent to an activating group) is 1. The van der Waals surface area contributed by atoms with Gasteiger partial charge in [0.2, 0.25) is 0 Å². The van der Waals surface area contributed by atoms with Crippen molar-refractivity contribution in [3.05, 3.63) is 29.3 Å². The number of nitrogens with zero attached hydrogens (tertiary/aromatic N) is 1. The van der Waals surface area contributed by atoms with Gasteiger partial charge in [-0.2, -0.15) is 0 Å². The summed E-state index contributed by atoms with van der Waals surface area (Å²) in [4.78, 5) is 17.5. The molecule has 0 aliphatic heterocycles. The topological polar surface area (TPSA) is 41.6 Å². The summed E-state index contributed by atoms with van der Waals surface area (Å²) in [6.07, 6.45) is 0. The van der Waals surface area contributed by atoms with Gasteiger partial charge in [-0.3, -0.25) is 9.63 Å². The van der Waals surface area contributed by atoms with E-state index in [1.807, 2.05) is 12.1 Å². The van der Waals surface area contributed by atoms with E-state index in [1.54, 1.807) is 26.1 Å². The maximum absolute atomic E-state index is 11.7. The Hall–Kier alpha value is -0.750. The van der Waals surface area contributed by atoms with Crippen LogP contribution in [0.1, 0.15) is 6.92 Å². The number of carbonyl (C=O) groups is 1. The third-order valence-electron chi connectivity index (χ3n) is 2.12. The van der Waals surface area contributed by atoms with Crippen LogP contribution in [-0.2, 0) is 9.63 Å². The maximum Gasteiger partial charge on any atom is 0.263 e. The SMILES string of the molecule is CON(C)C(=O)C(C)NSc1ccc(Cl)cc1. The Kier molecular flexibility index (Phi) is 5.77. The van der Waals surface area contributed by atoms with Crippen LogP contribution in [0.3, 0.4) is 0 Å². The average Bonchev–Trinajstić information content (AvgIpc) is 2.35. The highest BCUT2D eigenvalue weighted by Crippen LogP contribution is 2.18. The number of rotatable bonds is 5. The first-order valence-corrected chi connectivity index (χ1v) is 6.23. The molecule has 0 heterocycles. The van der Waals surface area contributed by atoms with Crippen molar-refractivity contribution in [2.24, 2.45) is 0 Å². The number of halogens is 1. The van der Waals surface area contributed by atoms with E-state index in [0.29, 0.717) is 5.02 Å². The normalized spacial score (nSPS) is 12.2. The zero-order valence-electron chi connectivity index (χ0n) is 9.94. The van der Waals surface area contributed by atoms with E-state index in [-0.39, 0.29) is 11.9 Å². The summed E-state index contributed by atoms with van der Waals surface area (Å²) in [7, 11) is 3.03. The smallest absolute Gasteiger partial charge is 0.263 e. The number of hydrogen-bond donors (Lipinski definition) is 1. The maximum atomic E-state index is 11.7. The van der Waals surface area contributed by atoms with Crippen LogP contribution in [0, 0.1) is 0 Å². The second kappa shape index (κ2) is 6.86. The molecule has 1 unspecified atom stereocenters. The lowest BCUT2D eigenvalue weighted by atomic mass is 10.3. The van der Waals surface area contributed by atoms with Crippen molar-refractivity contribution in [1.29, 1.82) is 0 Å². The number of hydroxylamine groups is 2. The molecular formula is C11H15ClN2O2S. The molecule has 0 bridgehead atoms. The molecule has 6 heteroatoms. The van der Waals surface area contributed by atoms with Gasteiger partial charge in [0.1, 0.15) is 0 Å². The lowest BCUT2D eigenvalue weighted by molar-refractivity contribution is -0.170. The standard InChI is InChI=1S/C11H15ClN2O2S/c1-8(11(15)14(2)16-3)13-17-10-6-4-9(12)5-7-10/h4-8,13H,1-3H3. The van der Waals surface area contributed by atoms with Crippen LogP contribution >= 0.6 is 23.5 Å². The van der Waals surface area contributed by atoms with Crippen LogP contribution < -0.4 is 4.72 Å². The van der Waals surface area contributed by atoms with E-state index in [1.165, 1.54) is 24.1 Å². The Morgan fingerprint density at radius 1 is 1.47 bits per heavy atom. The molecule has 1 aromatic carbocycles. The van der Waals surface area contributed by atoms with Crippen LogP contribution in [0.2, 0.25) is 5.02 Å². The first-order chi connectivity index (χ1) is 8.04. The summed E-state index contributed by atoms with van der Waals surface area (Å²) in [6.45, 7) is 1.78. The lowest BCUT2D eigenvalue weighted by Crippen LogP contribution is -2.40. The van der Waals surface area contributed by atoms with Gasteiger partial charge in [0.15, 0.2) is 0 Å². The largest absolute Gasteiger partial charge is 0.275 e. The number of carbonyl (C=O) groups excluding carboxylic acids is 1. The molecule has 1 aromatic rings. The predicted octanol–water partition coefficient (Wildman–Crippen LogP) is 2.35. The van der Waals surface area contributed by atoms with Gasteiger partial charge in [-0.1, -0.05) is 11.6 Å². The van der Waals surface area contributed by atoms with Crippen molar-refractivity contribution in [3.8, 4) is 0 Å². The minimum absolute atomic E-state index is 0.131. The third-order valence-corrected chi connectivity index (χ3v) is 3.35.